The second-order valence-electron chi connectivity index (χ2n) is 4.73. The molecule has 0 radical (unpaired) electrons. The van der Waals surface area contributed by atoms with Crippen LogP contribution in [0, 0.1) is 4.77 Å². The van der Waals surface area contributed by atoms with E-state index in [4.69, 9.17) is 21.7 Å². The molecular weight excluding hydrogens is 344 g/mol. The zero-order valence-corrected chi connectivity index (χ0v) is 14.9. The van der Waals surface area contributed by atoms with Crippen molar-refractivity contribution in [3.8, 4) is 22.2 Å². The van der Waals surface area contributed by atoms with Gasteiger partial charge in [0.1, 0.15) is 0 Å². The number of methoxy groups -OCH3 is 1. The molecule has 24 heavy (non-hydrogen) atoms. The fourth-order valence-corrected chi connectivity index (χ4v) is 3.01. The number of ether oxygens (including phenoxy) is 2. The molecule has 3 rings (SSSR count). The van der Waals surface area contributed by atoms with Crippen LogP contribution in [-0.2, 0) is 0 Å². The number of aromatic nitrogens is 3. The van der Waals surface area contributed by atoms with Crippen LogP contribution in [0.4, 0.5) is 0 Å². The molecule has 0 spiro atoms. The van der Waals surface area contributed by atoms with Crippen molar-refractivity contribution in [2.45, 2.75) is 6.92 Å². The normalized spacial score (nSPS) is 11.1. The molecule has 0 saturated carbocycles. The fourth-order valence-electron chi connectivity index (χ4n) is 2.13. The predicted octanol–water partition coefficient (Wildman–Crippen LogP) is 3.96. The molecule has 0 unspecified atom stereocenters. The molecule has 1 N–H and O–H groups in total. The number of benzene rings is 1. The summed E-state index contributed by atoms with van der Waals surface area (Å²) < 4.78 is 12.9. The highest BCUT2D eigenvalue weighted by Gasteiger charge is 2.09. The summed E-state index contributed by atoms with van der Waals surface area (Å²) in [7, 11) is 1.61. The zero-order valence-electron chi connectivity index (χ0n) is 13.2. The number of rotatable bonds is 6. The summed E-state index contributed by atoms with van der Waals surface area (Å²) in [6, 6.07) is 9.57. The van der Waals surface area contributed by atoms with Gasteiger partial charge in [-0.25, -0.2) is 5.10 Å². The lowest BCUT2D eigenvalue weighted by Crippen LogP contribution is -1.97. The molecule has 0 aliphatic carbocycles. The largest absolute Gasteiger partial charge is 0.493 e. The highest BCUT2D eigenvalue weighted by molar-refractivity contribution is 7.71. The van der Waals surface area contributed by atoms with Crippen LogP contribution < -0.4 is 9.47 Å². The van der Waals surface area contributed by atoms with Gasteiger partial charge < -0.3 is 9.47 Å². The lowest BCUT2D eigenvalue weighted by atomic mass is 10.2. The van der Waals surface area contributed by atoms with Gasteiger partial charge >= 0.3 is 0 Å². The third kappa shape index (κ3) is 3.39. The molecule has 3 aromatic rings. The van der Waals surface area contributed by atoms with E-state index in [1.807, 2.05) is 42.6 Å². The van der Waals surface area contributed by atoms with Crippen molar-refractivity contribution in [3.05, 3.63) is 46.0 Å². The van der Waals surface area contributed by atoms with Gasteiger partial charge in [0.15, 0.2) is 17.3 Å². The maximum absolute atomic E-state index is 5.52. The summed E-state index contributed by atoms with van der Waals surface area (Å²) in [6.45, 7) is 2.51. The molecule has 0 aliphatic rings. The van der Waals surface area contributed by atoms with Crippen LogP contribution >= 0.6 is 23.6 Å². The molecule has 6 nitrogen and oxygen atoms in total. The molecule has 0 atom stereocenters. The molecule has 2 heterocycles. The Morgan fingerprint density at radius 2 is 2.25 bits per heavy atom. The standard InChI is InChI=1S/C16H16N4O2S2/c1-3-22-12-7-6-11(9-13(12)21-2)10-17-20-15(18-19-16(20)23)14-5-4-8-24-14/h4-10H,3H2,1-2H3,(H,19,23)/b17-10-. The predicted molar refractivity (Wildman–Crippen MR) is 97.9 cm³/mol. The van der Waals surface area contributed by atoms with Crippen molar-refractivity contribution in [2.24, 2.45) is 5.10 Å². The monoisotopic (exact) mass is 360 g/mol. The van der Waals surface area contributed by atoms with E-state index in [2.05, 4.69) is 15.3 Å². The Kier molecular flexibility index (Phi) is 5.07. The average Bonchev–Trinajstić information content (AvgIpc) is 3.24. The van der Waals surface area contributed by atoms with Gasteiger partial charge in [0, 0.05) is 0 Å². The molecule has 2 aromatic heterocycles. The topological polar surface area (TPSA) is 64.4 Å². The summed E-state index contributed by atoms with van der Waals surface area (Å²) in [5.74, 6) is 2.05. The van der Waals surface area contributed by atoms with Crippen molar-refractivity contribution in [1.82, 2.24) is 14.9 Å². The van der Waals surface area contributed by atoms with Gasteiger partial charge in [0.25, 0.3) is 0 Å². The number of aromatic amines is 1. The Bertz CT molecular complexity index is 897. The van der Waals surface area contributed by atoms with Gasteiger partial charge in [0.05, 0.1) is 24.8 Å². The molecule has 124 valence electrons. The quantitative estimate of drug-likeness (QED) is 0.534. The van der Waals surface area contributed by atoms with Gasteiger partial charge in [-0.15, -0.1) is 11.3 Å². The third-order valence-corrected chi connectivity index (χ3v) is 4.33. The number of nitrogens with zero attached hydrogens (tertiary/aromatic N) is 3. The van der Waals surface area contributed by atoms with E-state index < -0.39 is 0 Å². The molecule has 0 bridgehead atoms. The third-order valence-electron chi connectivity index (χ3n) is 3.20. The maximum atomic E-state index is 5.52. The van der Waals surface area contributed by atoms with Gasteiger partial charge in [0.2, 0.25) is 4.77 Å². The highest BCUT2D eigenvalue weighted by atomic mass is 32.1. The van der Waals surface area contributed by atoms with Crippen LogP contribution in [-0.4, -0.2) is 34.8 Å². The summed E-state index contributed by atoms with van der Waals surface area (Å²) in [6.07, 6.45) is 1.71. The summed E-state index contributed by atoms with van der Waals surface area (Å²) in [4.78, 5) is 0.990. The first-order valence-corrected chi connectivity index (χ1v) is 8.58. The average molecular weight is 360 g/mol. The zero-order chi connectivity index (χ0) is 16.9. The van der Waals surface area contributed by atoms with Gasteiger partial charge in [-0.2, -0.15) is 14.9 Å². The Morgan fingerprint density at radius 1 is 1.38 bits per heavy atom. The smallest absolute Gasteiger partial charge is 0.216 e. The van der Waals surface area contributed by atoms with Crippen molar-refractivity contribution in [2.75, 3.05) is 13.7 Å². The SMILES string of the molecule is CCOc1ccc(/C=N\n2c(-c3cccs3)n[nH]c2=S)cc1OC. The lowest BCUT2D eigenvalue weighted by molar-refractivity contribution is 0.311. The highest BCUT2D eigenvalue weighted by Crippen LogP contribution is 2.27. The summed E-state index contributed by atoms with van der Waals surface area (Å²) in [5, 5.41) is 13.4. The van der Waals surface area contributed by atoms with Crippen LogP contribution in [0.25, 0.3) is 10.7 Å². The van der Waals surface area contributed by atoms with Crippen LogP contribution in [0.5, 0.6) is 11.5 Å². The van der Waals surface area contributed by atoms with E-state index >= 15 is 0 Å². The molecule has 0 aliphatic heterocycles. The van der Waals surface area contributed by atoms with Gasteiger partial charge in [-0.1, -0.05) is 6.07 Å². The molecule has 1 aromatic carbocycles. The first kappa shape index (κ1) is 16.4. The first-order valence-electron chi connectivity index (χ1n) is 7.29. The van der Waals surface area contributed by atoms with E-state index in [9.17, 15) is 0 Å². The van der Waals surface area contributed by atoms with E-state index in [1.165, 1.54) is 0 Å². The minimum atomic E-state index is 0.438. The van der Waals surface area contributed by atoms with Crippen molar-refractivity contribution >= 4 is 29.8 Å². The minimum absolute atomic E-state index is 0.438. The second-order valence-corrected chi connectivity index (χ2v) is 6.06. The van der Waals surface area contributed by atoms with Crippen LogP contribution in [0.3, 0.4) is 0 Å². The second kappa shape index (κ2) is 7.41. The van der Waals surface area contributed by atoms with Crippen LogP contribution in [0.1, 0.15) is 12.5 Å². The Labute approximate surface area is 148 Å². The molecular formula is C16H16N4O2S2. The summed E-state index contributed by atoms with van der Waals surface area (Å²) >= 11 is 6.84. The Hall–Kier alpha value is -2.45. The van der Waals surface area contributed by atoms with Crippen molar-refractivity contribution in [1.29, 1.82) is 0 Å². The number of nitrogens with one attached hydrogen (secondary N) is 1. The first-order chi connectivity index (χ1) is 11.7. The number of hydrogen-bond donors (Lipinski definition) is 1. The molecule has 0 amide bonds. The number of H-pyrrole nitrogens is 1. The van der Waals surface area contributed by atoms with Crippen LogP contribution in [0.2, 0.25) is 0 Å². The maximum Gasteiger partial charge on any atom is 0.216 e. The minimum Gasteiger partial charge on any atom is -0.493 e. The Morgan fingerprint density at radius 3 is 2.96 bits per heavy atom. The fraction of sp³-hybridized carbons (Fsp3) is 0.188. The van der Waals surface area contributed by atoms with E-state index in [0.717, 1.165) is 10.4 Å². The van der Waals surface area contributed by atoms with E-state index in [1.54, 1.807) is 29.3 Å². The van der Waals surface area contributed by atoms with Gasteiger partial charge in [-0.3, -0.25) is 0 Å². The van der Waals surface area contributed by atoms with Crippen molar-refractivity contribution in [3.63, 3.8) is 0 Å². The lowest BCUT2D eigenvalue weighted by Gasteiger charge is -2.09. The number of hydrogen-bond acceptors (Lipinski definition) is 6. The molecule has 0 fully saturated rings. The van der Waals surface area contributed by atoms with Gasteiger partial charge in [-0.05, 0) is 54.4 Å². The van der Waals surface area contributed by atoms with Crippen molar-refractivity contribution < 1.29 is 9.47 Å². The van der Waals surface area contributed by atoms with E-state index in [0.29, 0.717) is 28.7 Å². The van der Waals surface area contributed by atoms with E-state index in [-0.39, 0.29) is 0 Å². The van der Waals surface area contributed by atoms with Crippen LogP contribution in [0.15, 0.2) is 40.8 Å². The summed E-state index contributed by atoms with van der Waals surface area (Å²) in [5.41, 5.74) is 0.871. The number of thiophene rings is 1. The molecule has 0 saturated heterocycles. The molecule has 8 heteroatoms. The Balaban J connectivity index is 1.92.